The van der Waals surface area contributed by atoms with Crippen molar-refractivity contribution in [3.05, 3.63) is 58.7 Å². The third-order valence-corrected chi connectivity index (χ3v) is 5.14. The number of rotatable bonds is 5. The maximum absolute atomic E-state index is 13.5. The Morgan fingerprint density at radius 3 is 2.83 bits per heavy atom. The number of nitriles is 1. The highest BCUT2D eigenvalue weighted by Gasteiger charge is 2.25. The van der Waals surface area contributed by atoms with Crippen molar-refractivity contribution < 1.29 is 13.9 Å². The Labute approximate surface area is 172 Å². The van der Waals surface area contributed by atoms with E-state index in [1.54, 1.807) is 25.1 Å². The Hall–Kier alpha value is -3.64. The lowest BCUT2D eigenvalue weighted by Crippen LogP contribution is -2.40. The molecule has 30 heavy (non-hydrogen) atoms. The van der Waals surface area contributed by atoms with Crippen LogP contribution in [-0.4, -0.2) is 38.5 Å². The molecule has 2 N–H and O–H groups in total. The molecule has 152 valence electrons. The molecule has 0 saturated carbocycles. The summed E-state index contributed by atoms with van der Waals surface area (Å²) < 4.78 is 19.0. The zero-order chi connectivity index (χ0) is 21.3. The number of carbonyl (C=O) groups excluding carboxylic acids is 1. The average molecular weight is 406 g/mol. The van der Waals surface area contributed by atoms with Crippen molar-refractivity contribution in [2.24, 2.45) is 0 Å². The number of hydrogen-bond donors (Lipinski definition) is 1. The van der Waals surface area contributed by atoms with Gasteiger partial charge >= 0.3 is 0 Å². The van der Waals surface area contributed by atoms with Gasteiger partial charge in [-0.2, -0.15) is 5.26 Å². The molecule has 0 spiro atoms. The van der Waals surface area contributed by atoms with Crippen LogP contribution in [0, 0.1) is 11.3 Å². The summed E-state index contributed by atoms with van der Waals surface area (Å²) in [5, 5.41) is 9.66. The van der Waals surface area contributed by atoms with Crippen LogP contribution in [0.1, 0.15) is 39.8 Å². The Balaban J connectivity index is 1.69. The predicted octanol–water partition coefficient (Wildman–Crippen LogP) is 2.51. The number of nitrogens with two attached hydrogens (primary N) is 1. The number of carbonyl (C=O) groups is 1. The van der Waals surface area contributed by atoms with E-state index in [2.05, 4.69) is 15.0 Å². The van der Waals surface area contributed by atoms with Gasteiger partial charge in [-0.25, -0.2) is 14.4 Å². The second-order valence-electron chi connectivity index (χ2n) is 7.12. The van der Waals surface area contributed by atoms with E-state index in [0.29, 0.717) is 35.8 Å². The molecule has 1 atom stereocenters. The Kier molecular flexibility index (Phi) is 5.25. The SMILES string of the molecule is C[C@H](CF)N(Cc1ccc(C#N)cn1)C(=O)c1cc2c3c(c(N)nc2cn1)COC3. The molecule has 9 heteroatoms. The van der Waals surface area contributed by atoms with Crippen molar-refractivity contribution in [2.45, 2.75) is 32.7 Å². The minimum absolute atomic E-state index is 0.0938. The lowest BCUT2D eigenvalue weighted by Gasteiger charge is -2.27. The number of amides is 1. The first-order chi connectivity index (χ1) is 14.5. The smallest absolute Gasteiger partial charge is 0.273 e. The van der Waals surface area contributed by atoms with Gasteiger partial charge in [-0.3, -0.25) is 9.78 Å². The fraction of sp³-hybridized carbons (Fsp3) is 0.286. The van der Waals surface area contributed by atoms with Crippen molar-refractivity contribution in [1.29, 1.82) is 5.26 Å². The van der Waals surface area contributed by atoms with E-state index in [9.17, 15) is 9.18 Å². The van der Waals surface area contributed by atoms with Gasteiger partial charge in [0.1, 0.15) is 24.3 Å². The number of hydrogen-bond acceptors (Lipinski definition) is 7. The number of ether oxygens (including phenoxy) is 1. The Bertz CT molecular complexity index is 1160. The third kappa shape index (κ3) is 3.53. The van der Waals surface area contributed by atoms with Crippen molar-refractivity contribution in [3.8, 4) is 6.07 Å². The summed E-state index contributed by atoms with van der Waals surface area (Å²) in [5.41, 5.74) is 9.42. The molecule has 0 saturated heterocycles. The molecule has 0 aromatic carbocycles. The lowest BCUT2D eigenvalue weighted by atomic mass is 10.1. The van der Waals surface area contributed by atoms with E-state index in [1.807, 2.05) is 6.07 Å². The fourth-order valence-electron chi connectivity index (χ4n) is 3.41. The molecule has 0 aliphatic carbocycles. The number of aromatic nitrogens is 3. The number of pyridine rings is 3. The number of anilines is 1. The van der Waals surface area contributed by atoms with E-state index in [4.69, 9.17) is 15.7 Å². The summed E-state index contributed by atoms with van der Waals surface area (Å²) in [6, 6.07) is 6.23. The largest absolute Gasteiger partial charge is 0.383 e. The minimum atomic E-state index is -0.711. The Morgan fingerprint density at radius 1 is 1.33 bits per heavy atom. The van der Waals surface area contributed by atoms with Gasteiger partial charge in [0, 0.05) is 17.1 Å². The van der Waals surface area contributed by atoms with Crippen LogP contribution in [0.15, 0.2) is 30.6 Å². The number of halogens is 1. The molecule has 3 aromatic rings. The minimum Gasteiger partial charge on any atom is -0.383 e. The predicted molar refractivity (Wildman–Crippen MR) is 107 cm³/mol. The van der Waals surface area contributed by atoms with Crippen molar-refractivity contribution in [3.63, 3.8) is 0 Å². The van der Waals surface area contributed by atoms with Crippen LogP contribution < -0.4 is 5.73 Å². The van der Waals surface area contributed by atoms with Gasteiger partial charge in [-0.1, -0.05) is 0 Å². The molecule has 8 nitrogen and oxygen atoms in total. The molecular weight excluding hydrogens is 387 g/mol. The highest BCUT2D eigenvalue weighted by molar-refractivity contribution is 5.97. The van der Waals surface area contributed by atoms with Crippen molar-refractivity contribution >= 4 is 22.6 Å². The van der Waals surface area contributed by atoms with Gasteiger partial charge in [0.2, 0.25) is 0 Å². The molecule has 1 aliphatic heterocycles. The molecule has 1 aliphatic rings. The summed E-state index contributed by atoms with van der Waals surface area (Å²) in [4.78, 5) is 27.4. The van der Waals surface area contributed by atoms with Gasteiger partial charge in [0.25, 0.3) is 5.91 Å². The van der Waals surface area contributed by atoms with E-state index in [0.717, 1.165) is 16.5 Å². The summed E-state index contributed by atoms with van der Waals surface area (Å²) >= 11 is 0. The summed E-state index contributed by atoms with van der Waals surface area (Å²) in [7, 11) is 0. The van der Waals surface area contributed by atoms with Crippen LogP contribution in [0.25, 0.3) is 10.9 Å². The maximum atomic E-state index is 13.5. The normalized spacial score (nSPS) is 13.6. The molecule has 0 bridgehead atoms. The standard InChI is InChI=1S/C21H19FN6O2/c1-12(5-22)28(9-14-3-2-13(6-23)7-25-14)21(29)18-4-15-16-10-30-11-17(16)20(24)27-19(15)8-26-18/h2-4,7-8,12H,5,9-11H2,1H3,(H2,24,27)/t12-/m1/s1. The van der Waals surface area contributed by atoms with E-state index >= 15 is 0 Å². The van der Waals surface area contributed by atoms with E-state index in [-0.39, 0.29) is 12.2 Å². The van der Waals surface area contributed by atoms with Gasteiger partial charge in [-0.05, 0) is 30.7 Å². The second kappa shape index (κ2) is 8.00. The number of nitrogens with zero attached hydrogens (tertiary/aromatic N) is 5. The molecule has 1 amide bonds. The van der Waals surface area contributed by atoms with Gasteiger partial charge in [0.15, 0.2) is 0 Å². The first kappa shape index (κ1) is 19.7. The molecule has 0 unspecified atom stereocenters. The van der Waals surface area contributed by atoms with Crippen molar-refractivity contribution in [1.82, 2.24) is 19.9 Å². The van der Waals surface area contributed by atoms with Crippen molar-refractivity contribution in [2.75, 3.05) is 12.4 Å². The van der Waals surface area contributed by atoms with Crippen LogP contribution >= 0.6 is 0 Å². The number of alkyl halides is 1. The van der Waals surface area contributed by atoms with E-state index in [1.165, 1.54) is 17.3 Å². The molecule has 4 rings (SSSR count). The zero-order valence-electron chi connectivity index (χ0n) is 16.3. The highest BCUT2D eigenvalue weighted by Crippen LogP contribution is 2.31. The van der Waals surface area contributed by atoms with Crippen LogP contribution in [0.2, 0.25) is 0 Å². The zero-order valence-corrected chi connectivity index (χ0v) is 16.3. The number of nitrogen functional groups attached to an aromatic ring is 1. The highest BCUT2D eigenvalue weighted by atomic mass is 19.1. The topological polar surface area (TPSA) is 118 Å². The summed E-state index contributed by atoms with van der Waals surface area (Å²) in [6.45, 7) is 1.77. The first-order valence-corrected chi connectivity index (χ1v) is 9.38. The molecule has 0 fully saturated rings. The molecule has 0 radical (unpaired) electrons. The van der Waals surface area contributed by atoms with Crippen LogP contribution in [-0.2, 0) is 24.5 Å². The van der Waals surface area contributed by atoms with Gasteiger partial charge < -0.3 is 15.4 Å². The average Bonchev–Trinajstić information content (AvgIpc) is 3.28. The van der Waals surface area contributed by atoms with Crippen LogP contribution in [0.4, 0.5) is 10.2 Å². The van der Waals surface area contributed by atoms with Gasteiger partial charge in [-0.15, -0.1) is 0 Å². The van der Waals surface area contributed by atoms with E-state index < -0.39 is 18.6 Å². The summed E-state index contributed by atoms with van der Waals surface area (Å²) in [5.74, 6) is -0.0202. The second-order valence-corrected chi connectivity index (χ2v) is 7.12. The Morgan fingerprint density at radius 2 is 2.13 bits per heavy atom. The monoisotopic (exact) mass is 406 g/mol. The lowest BCUT2D eigenvalue weighted by molar-refractivity contribution is 0.0640. The summed E-state index contributed by atoms with van der Waals surface area (Å²) in [6.07, 6.45) is 2.92. The fourth-order valence-corrected chi connectivity index (χ4v) is 3.41. The first-order valence-electron chi connectivity index (χ1n) is 9.38. The van der Waals surface area contributed by atoms with Crippen LogP contribution in [0.5, 0.6) is 0 Å². The molecule has 4 heterocycles. The number of fused-ring (bicyclic) bond motifs is 3. The maximum Gasteiger partial charge on any atom is 0.273 e. The molecule has 3 aromatic heterocycles. The van der Waals surface area contributed by atoms with Crippen LogP contribution in [0.3, 0.4) is 0 Å². The molecular formula is C21H19FN6O2. The van der Waals surface area contributed by atoms with Gasteiger partial charge in [0.05, 0.1) is 48.8 Å². The third-order valence-electron chi connectivity index (χ3n) is 5.14. The quantitative estimate of drug-likeness (QED) is 0.691.